The highest BCUT2D eigenvalue weighted by atomic mass is 31.2. The topological polar surface area (TPSA) is 79.1 Å². The van der Waals surface area contributed by atoms with Gasteiger partial charge in [-0.3, -0.25) is 4.79 Å². The van der Waals surface area contributed by atoms with Crippen LogP contribution in [0.5, 0.6) is 5.75 Å². The second-order valence-corrected chi connectivity index (χ2v) is 12.1. The van der Waals surface area contributed by atoms with Gasteiger partial charge in [0.2, 0.25) is 5.82 Å². The van der Waals surface area contributed by atoms with E-state index in [0.717, 1.165) is 32.6 Å². The van der Waals surface area contributed by atoms with E-state index in [1.54, 1.807) is 14.0 Å². The minimum atomic E-state index is -2.66. The molecule has 0 aliphatic carbocycles. The number of hydrogen-bond acceptors (Lipinski definition) is 6. The third-order valence-corrected chi connectivity index (χ3v) is 10.7. The fraction of sp³-hybridized carbons (Fsp3) is 0.129. The molecule has 0 amide bonds. The number of carbonyl (C=O) groups excluding carboxylic acids is 1. The second kappa shape index (κ2) is 11.9. The number of carbonyl (C=O) groups is 1. The fourth-order valence-electron chi connectivity index (χ4n) is 4.69. The van der Waals surface area contributed by atoms with Gasteiger partial charge in [-0.25, -0.2) is 0 Å². The van der Waals surface area contributed by atoms with Crippen molar-refractivity contribution in [3.8, 4) is 17.1 Å². The molecule has 5 rings (SSSR count). The van der Waals surface area contributed by atoms with E-state index in [0.29, 0.717) is 5.82 Å². The van der Waals surface area contributed by atoms with E-state index in [9.17, 15) is 4.79 Å². The predicted molar refractivity (Wildman–Crippen MR) is 157 cm³/mol. The SMILES string of the molecule is CCOC(=O)CC(n1nnc(-c2ccc(OC)cc2)n1)=P(c1ccccc1)(c1ccccc1)c1ccccc1. The Morgan fingerprint density at radius 3 is 1.74 bits per heavy atom. The van der Waals surface area contributed by atoms with E-state index in [4.69, 9.17) is 14.6 Å². The zero-order valence-electron chi connectivity index (χ0n) is 21.8. The summed E-state index contributed by atoms with van der Waals surface area (Å²) in [5.41, 5.74) is 1.51. The van der Waals surface area contributed by atoms with Gasteiger partial charge < -0.3 is 9.47 Å². The average molecular weight is 537 g/mol. The van der Waals surface area contributed by atoms with E-state index in [-0.39, 0.29) is 19.0 Å². The molecule has 0 atom stereocenters. The number of methoxy groups -OCH3 is 1. The van der Waals surface area contributed by atoms with Crippen LogP contribution in [-0.4, -0.2) is 45.3 Å². The van der Waals surface area contributed by atoms with Crippen molar-refractivity contribution in [3.63, 3.8) is 0 Å². The van der Waals surface area contributed by atoms with Gasteiger partial charge in [0.05, 0.1) is 25.6 Å². The van der Waals surface area contributed by atoms with E-state index < -0.39 is 6.89 Å². The van der Waals surface area contributed by atoms with Gasteiger partial charge in [-0.2, -0.15) is 0 Å². The minimum absolute atomic E-state index is 0.00128. The van der Waals surface area contributed by atoms with Crippen molar-refractivity contribution in [3.05, 3.63) is 115 Å². The number of esters is 1. The lowest BCUT2D eigenvalue weighted by atomic mass is 10.2. The molecule has 0 aliphatic heterocycles. The monoisotopic (exact) mass is 536 g/mol. The fourth-order valence-corrected chi connectivity index (χ4v) is 9.06. The summed E-state index contributed by atoms with van der Waals surface area (Å²) in [5, 5.41) is 17.0. The molecule has 0 saturated carbocycles. The first kappa shape index (κ1) is 26.1. The van der Waals surface area contributed by atoms with Crippen molar-refractivity contribution < 1.29 is 14.3 Å². The molecule has 0 fully saturated rings. The predicted octanol–water partition coefficient (Wildman–Crippen LogP) is 4.27. The number of tetrazole rings is 1. The lowest BCUT2D eigenvalue weighted by Crippen LogP contribution is -2.35. The zero-order valence-corrected chi connectivity index (χ0v) is 22.7. The molecular weight excluding hydrogens is 507 g/mol. The lowest BCUT2D eigenvalue weighted by Gasteiger charge is -2.31. The highest BCUT2D eigenvalue weighted by molar-refractivity contribution is 7.95. The number of aromatic nitrogens is 4. The van der Waals surface area contributed by atoms with Crippen molar-refractivity contribution in [1.82, 2.24) is 20.2 Å². The average Bonchev–Trinajstić information content (AvgIpc) is 3.49. The Balaban J connectivity index is 1.87. The molecule has 0 N–H and O–H groups in total. The third kappa shape index (κ3) is 5.27. The van der Waals surface area contributed by atoms with Crippen LogP contribution in [0.15, 0.2) is 115 Å². The molecule has 1 aromatic heterocycles. The number of rotatable bonds is 9. The molecule has 1 heterocycles. The Bertz CT molecular complexity index is 1480. The van der Waals surface area contributed by atoms with Crippen LogP contribution in [0.4, 0.5) is 0 Å². The van der Waals surface area contributed by atoms with E-state index in [1.165, 1.54) is 4.80 Å². The highest BCUT2D eigenvalue weighted by Gasteiger charge is 2.33. The van der Waals surface area contributed by atoms with Crippen LogP contribution < -0.4 is 20.7 Å². The van der Waals surface area contributed by atoms with Crippen molar-refractivity contribution in [1.29, 1.82) is 0 Å². The molecule has 0 unspecified atom stereocenters. The second-order valence-electron chi connectivity index (χ2n) is 8.71. The van der Waals surface area contributed by atoms with Gasteiger partial charge in [0.25, 0.3) is 0 Å². The Morgan fingerprint density at radius 1 is 0.769 bits per heavy atom. The maximum absolute atomic E-state index is 13.2. The quantitative estimate of drug-likeness (QED) is 0.207. The molecule has 8 heteroatoms. The number of hydrogen-bond donors (Lipinski definition) is 0. The molecule has 0 bridgehead atoms. The summed E-state index contributed by atoms with van der Waals surface area (Å²) in [7, 11) is 1.63. The number of benzene rings is 4. The Labute approximate surface area is 228 Å². The van der Waals surface area contributed by atoms with Crippen molar-refractivity contribution in [2.45, 2.75) is 13.3 Å². The Morgan fingerprint density at radius 2 is 1.28 bits per heavy atom. The summed E-state index contributed by atoms with van der Waals surface area (Å²) < 4.78 is 10.8. The van der Waals surface area contributed by atoms with Crippen molar-refractivity contribution in [2.24, 2.45) is 0 Å². The molecular formula is C31H29N4O3P. The first-order chi connectivity index (χ1) is 19.2. The molecule has 39 heavy (non-hydrogen) atoms. The van der Waals surface area contributed by atoms with Crippen molar-refractivity contribution in [2.75, 3.05) is 13.7 Å². The van der Waals surface area contributed by atoms with Crippen LogP contribution in [-0.2, 0) is 9.53 Å². The summed E-state index contributed by atoms with van der Waals surface area (Å²) in [6.07, 6.45) is -0.00128. The summed E-state index contributed by atoms with van der Waals surface area (Å²) in [5.74, 6) is 0.845. The standard InChI is InChI=1S/C31H29N4O3P/c1-3-38-30(36)23-29(35-33-31(32-34-35)24-19-21-25(37-2)22-20-24)39(26-13-7-4-8-14-26,27-15-9-5-10-16-27)28-17-11-6-12-18-28/h4-22H,3,23H2,1-2H3. The van der Waals surface area contributed by atoms with Crippen LogP contribution in [0.3, 0.4) is 0 Å². The summed E-state index contributed by atoms with van der Waals surface area (Å²) in [6.45, 7) is -0.574. The third-order valence-electron chi connectivity index (χ3n) is 6.42. The molecule has 0 saturated heterocycles. The normalized spacial score (nSPS) is 11.1. The van der Waals surface area contributed by atoms with Gasteiger partial charge in [-0.05, 0) is 52.3 Å². The largest absolute Gasteiger partial charge is 0.497 e. The summed E-state index contributed by atoms with van der Waals surface area (Å²) >= 11 is 0. The van der Waals surface area contributed by atoms with Gasteiger partial charge in [0, 0.05) is 12.4 Å². The first-order valence-electron chi connectivity index (χ1n) is 12.7. The van der Waals surface area contributed by atoms with Gasteiger partial charge in [0.1, 0.15) is 5.75 Å². The molecule has 0 aliphatic rings. The molecule has 7 nitrogen and oxygen atoms in total. The van der Waals surface area contributed by atoms with Gasteiger partial charge in [-0.1, -0.05) is 91.0 Å². The highest BCUT2D eigenvalue weighted by Crippen LogP contribution is 2.47. The van der Waals surface area contributed by atoms with E-state index in [2.05, 4.69) is 46.7 Å². The summed E-state index contributed by atoms with van der Waals surface area (Å²) in [6, 6.07) is 38.3. The number of nitrogens with zero attached hydrogens (tertiary/aromatic N) is 4. The zero-order chi connectivity index (χ0) is 27.1. The maximum Gasteiger partial charge on any atom is 0.311 e. The van der Waals surface area contributed by atoms with Crippen LogP contribution in [0.25, 0.3) is 11.4 Å². The number of ether oxygens (including phenoxy) is 2. The molecule has 196 valence electrons. The molecule has 5 aromatic rings. The first-order valence-corrected chi connectivity index (χ1v) is 14.5. The minimum Gasteiger partial charge on any atom is -0.497 e. The lowest BCUT2D eigenvalue weighted by molar-refractivity contribution is -0.141. The van der Waals surface area contributed by atoms with Gasteiger partial charge in [-0.15, -0.1) is 15.0 Å². The van der Waals surface area contributed by atoms with Gasteiger partial charge >= 0.3 is 5.97 Å². The Hall–Kier alpha value is -4.48. The van der Waals surface area contributed by atoms with Crippen molar-refractivity contribution >= 4 is 34.2 Å². The maximum atomic E-state index is 13.2. The summed E-state index contributed by atoms with van der Waals surface area (Å²) in [4.78, 5) is 14.7. The van der Waals surface area contributed by atoms with E-state index in [1.807, 2.05) is 78.9 Å². The van der Waals surface area contributed by atoms with Crippen LogP contribution in [0.1, 0.15) is 13.3 Å². The van der Waals surface area contributed by atoms with E-state index >= 15 is 0 Å². The molecule has 4 aromatic carbocycles. The van der Waals surface area contributed by atoms with Gasteiger partial charge in [0.15, 0.2) is 0 Å². The van der Waals surface area contributed by atoms with Crippen LogP contribution >= 0.6 is 6.89 Å². The molecule has 0 spiro atoms. The molecule has 0 radical (unpaired) electrons. The van der Waals surface area contributed by atoms with Crippen LogP contribution in [0.2, 0.25) is 0 Å². The smallest absolute Gasteiger partial charge is 0.311 e. The van der Waals surface area contributed by atoms with Crippen LogP contribution in [0, 0.1) is 0 Å². The Kier molecular flexibility index (Phi) is 7.99.